The van der Waals surface area contributed by atoms with Crippen molar-refractivity contribution in [3.63, 3.8) is 0 Å². The molecule has 0 saturated carbocycles. The summed E-state index contributed by atoms with van der Waals surface area (Å²) in [5.41, 5.74) is 5.70. The number of hydrogen-bond acceptors (Lipinski definition) is 5. The highest BCUT2D eigenvalue weighted by Crippen LogP contribution is 2.15. The van der Waals surface area contributed by atoms with E-state index in [-0.39, 0.29) is 30.1 Å². The van der Waals surface area contributed by atoms with E-state index in [0.717, 1.165) is 31.0 Å². The molecule has 0 aromatic carbocycles. The number of aryl methyl sites for hydroxylation is 1. The molecule has 9 nitrogen and oxygen atoms in total. The molecule has 2 aliphatic heterocycles. The number of ether oxygens (including phenoxy) is 1. The molecule has 1 aromatic rings. The molecule has 10 heteroatoms. The fourth-order valence-electron chi connectivity index (χ4n) is 3.36. The number of piperazine rings is 1. The van der Waals surface area contributed by atoms with Crippen LogP contribution in [0.3, 0.4) is 0 Å². The van der Waals surface area contributed by atoms with Crippen LogP contribution in [0.5, 0.6) is 0 Å². The van der Waals surface area contributed by atoms with Crippen molar-refractivity contribution in [2.24, 2.45) is 10.7 Å². The molecule has 0 atom stereocenters. The van der Waals surface area contributed by atoms with Gasteiger partial charge in [-0.2, -0.15) is 0 Å². The summed E-state index contributed by atoms with van der Waals surface area (Å²) < 4.78 is 7.61. The largest absolute Gasteiger partial charge is 0.444 e. The van der Waals surface area contributed by atoms with Crippen molar-refractivity contribution in [3.8, 4) is 0 Å². The zero-order valence-corrected chi connectivity index (χ0v) is 19.4. The summed E-state index contributed by atoms with van der Waals surface area (Å²) in [6.45, 7) is 9.45. The summed E-state index contributed by atoms with van der Waals surface area (Å²) in [5, 5.41) is 8.59. The Bertz CT molecular complexity index is 691. The van der Waals surface area contributed by atoms with Crippen LogP contribution in [0, 0.1) is 0 Å². The van der Waals surface area contributed by atoms with E-state index in [4.69, 9.17) is 10.5 Å². The first-order valence-electron chi connectivity index (χ1n) is 9.77. The Hall–Kier alpha value is -1.59. The smallest absolute Gasteiger partial charge is 0.410 e. The quantitative estimate of drug-likeness (QED) is 0.375. The second-order valence-corrected chi connectivity index (χ2v) is 8.12. The zero-order chi connectivity index (χ0) is 19.4. The van der Waals surface area contributed by atoms with Crippen LogP contribution in [0.4, 0.5) is 4.79 Å². The molecule has 158 valence electrons. The molecule has 3 rings (SSSR count). The standard InChI is InChI=1S/C18H31N7O2.HI/c1-18(2,3)27-17(26)24-11-9-23(10-12-24)16(19)20-13-15-22-21-14-7-5-4-6-8-25(14)15;/h4-13H2,1-3H3,(H2,19,20);1H. The van der Waals surface area contributed by atoms with E-state index in [1.165, 1.54) is 12.8 Å². The normalized spacial score (nSPS) is 18.2. The molecule has 1 saturated heterocycles. The molecule has 0 radical (unpaired) electrons. The van der Waals surface area contributed by atoms with Crippen LogP contribution in [0.25, 0.3) is 0 Å². The van der Waals surface area contributed by atoms with Gasteiger partial charge in [-0.05, 0) is 33.6 Å². The van der Waals surface area contributed by atoms with Crippen LogP contribution in [-0.2, 0) is 24.2 Å². The number of carbonyl (C=O) groups excluding carboxylic acids is 1. The summed E-state index contributed by atoms with van der Waals surface area (Å²) in [5.74, 6) is 2.43. The fraction of sp³-hybridized carbons (Fsp3) is 0.778. The number of hydrogen-bond donors (Lipinski definition) is 1. The summed E-state index contributed by atoms with van der Waals surface area (Å²) in [6, 6.07) is 0. The van der Waals surface area contributed by atoms with Crippen LogP contribution in [-0.4, -0.2) is 68.4 Å². The van der Waals surface area contributed by atoms with Gasteiger partial charge in [0.15, 0.2) is 11.8 Å². The fourth-order valence-corrected chi connectivity index (χ4v) is 3.36. The van der Waals surface area contributed by atoms with Gasteiger partial charge in [0.1, 0.15) is 18.0 Å². The van der Waals surface area contributed by atoms with E-state index in [0.29, 0.717) is 38.7 Å². The molecule has 0 unspecified atom stereocenters. The maximum Gasteiger partial charge on any atom is 0.410 e. The average Bonchev–Trinajstić information content (AvgIpc) is 2.84. The second-order valence-electron chi connectivity index (χ2n) is 8.12. The molecule has 28 heavy (non-hydrogen) atoms. The van der Waals surface area contributed by atoms with Crippen LogP contribution >= 0.6 is 24.0 Å². The van der Waals surface area contributed by atoms with E-state index in [2.05, 4.69) is 19.8 Å². The van der Waals surface area contributed by atoms with Crippen molar-refractivity contribution in [1.82, 2.24) is 24.6 Å². The lowest BCUT2D eigenvalue weighted by atomic mass is 10.2. The molecule has 1 amide bonds. The van der Waals surface area contributed by atoms with Gasteiger partial charge in [-0.25, -0.2) is 9.79 Å². The van der Waals surface area contributed by atoms with E-state index in [1.807, 2.05) is 25.7 Å². The van der Waals surface area contributed by atoms with Crippen LogP contribution in [0.15, 0.2) is 4.99 Å². The lowest BCUT2D eigenvalue weighted by Gasteiger charge is -2.36. The number of nitrogens with two attached hydrogens (primary N) is 1. The Labute approximate surface area is 183 Å². The Morgan fingerprint density at radius 3 is 2.43 bits per heavy atom. The lowest BCUT2D eigenvalue weighted by Crippen LogP contribution is -2.53. The minimum absolute atomic E-state index is 0. The Morgan fingerprint density at radius 2 is 1.75 bits per heavy atom. The number of halogens is 1. The zero-order valence-electron chi connectivity index (χ0n) is 17.1. The molecular weight excluding hydrogens is 473 g/mol. The van der Waals surface area contributed by atoms with Crippen LogP contribution in [0.2, 0.25) is 0 Å². The highest BCUT2D eigenvalue weighted by molar-refractivity contribution is 14.0. The third kappa shape index (κ3) is 5.95. The Morgan fingerprint density at radius 1 is 1.07 bits per heavy atom. The number of amides is 1. The Balaban J connectivity index is 0.00000280. The lowest BCUT2D eigenvalue weighted by molar-refractivity contribution is 0.0186. The topological polar surface area (TPSA) is 102 Å². The summed E-state index contributed by atoms with van der Waals surface area (Å²) in [7, 11) is 0. The SMILES string of the molecule is CC(C)(C)OC(=O)N1CCN(C(N)=NCc2nnc3n2CCCCC3)CC1.I. The highest BCUT2D eigenvalue weighted by atomic mass is 127. The third-order valence-electron chi connectivity index (χ3n) is 4.82. The first-order chi connectivity index (χ1) is 12.8. The van der Waals surface area contributed by atoms with E-state index < -0.39 is 5.60 Å². The molecule has 2 N–H and O–H groups in total. The van der Waals surface area contributed by atoms with Gasteiger partial charge in [0, 0.05) is 39.1 Å². The number of nitrogens with zero attached hydrogens (tertiary/aromatic N) is 6. The van der Waals surface area contributed by atoms with Crippen LogP contribution < -0.4 is 5.73 Å². The molecule has 0 aliphatic carbocycles. The number of aromatic nitrogens is 3. The minimum atomic E-state index is -0.481. The summed E-state index contributed by atoms with van der Waals surface area (Å²) >= 11 is 0. The number of rotatable bonds is 2. The van der Waals surface area contributed by atoms with Gasteiger partial charge in [-0.15, -0.1) is 34.2 Å². The maximum absolute atomic E-state index is 12.1. The van der Waals surface area contributed by atoms with E-state index in [9.17, 15) is 4.79 Å². The number of fused-ring (bicyclic) bond motifs is 1. The van der Waals surface area contributed by atoms with Crippen molar-refractivity contribution in [1.29, 1.82) is 0 Å². The van der Waals surface area contributed by atoms with Gasteiger partial charge in [-0.3, -0.25) is 0 Å². The van der Waals surface area contributed by atoms with Crippen molar-refractivity contribution in [2.75, 3.05) is 26.2 Å². The number of carbonyl (C=O) groups is 1. The second kappa shape index (κ2) is 9.75. The van der Waals surface area contributed by atoms with Crippen molar-refractivity contribution >= 4 is 36.0 Å². The molecule has 1 fully saturated rings. The van der Waals surface area contributed by atoms with E-state index in [1.54, 1.807) is 4.90 Å². The molecule has 0 spiro atoms. The van der Waals surface area contributed by atoms with Crippen molar-refractivity contribution in [2.45, 2.75) is 65.1 Å². The summed E-state index contributed by atoms with van der Waals surface area (Å²) in [4.78, 5) is 20.4. The van der Waals surface area contributed by atoms with Crippen LogP contribution in [0.1, 0.15) is 51.7 Å². The number of guanidine groups is 1. The van der Waals surface area contributed by atoms with Crippen molar-refractivity contribution in [3.05, 3.63) is 11.6 Å². The van der Waals surface area contributed by atoms with Gasteiger partial charge in [0.25, 0.3) is 0 Å². The summed E-state index contributed by atoms with van der Waals surface area (Å²) in [6.07, 6.45) is 4.27. The molecular formula is C18H32IN7O2. The van der Waals surface area contributed by atoms with Gasteiger partial charge in [0.2, 0.25) is 0 Å². The Kier molecular flexibility index (Phi) is 7.90. The molecule has 2 aliphatic rings. The van der Waals surface area contributed by atoms with Crippen molar-refractivity contribution < 1.29 is 9.53 Å². The average molecular weight is 505 g/mol. The van der Waals surface area contributed by atoms with Gasteiger partial charge in [-0.1, -0.05) is 6.42 Å². The predicted octanol–water partition coefficient (Wildman–Crippen LogP) is 1.99. The first kappa shape index (κ1) is 22.7. The highest BCUT2D eigenvalue weighted by Gasteiger charge is 2.26. The van der Waals surface area contributed by atoms with Gasteiger partial charge >= 0.3 is 6.09 Å². The number of aliphatic imine (C=N–C) groups is 1. The van der Waals surface area contributed by atoms with E-state index >= 15 is 0 Å². The predicted molar refractivity (Wildman–Crippen MR) is 118 cm³/mol. The van der Waals surface area contributed by atoms with Gasteiger partial charge < -0.3 is 24.8 Å². The first-order valence-corrected chi connectivity index (χ1v) is 9.77. The third-order valence-corrected chi connectivity index (χ3v) is 4.82. The maximum atomic E-state index is 12.1. The molecule has 3 heterocycles. The molecule has 1 aromatic heterocycles. The molecule has 0 bridgehead atoms. The monoisotopic (exact) mass is 505 g/mol. The van der Waals surface area contributed by atoms with Gasteiger partial charge in [0.05, 0.1) is 0 Å². The minimum Gasteiger partial charge on any atom is -0.444 e.